The van der Waals surface area contributed by atoms with Gasteiger partial charge in [0.2, 0.25) is 0 Å². The molecule has 0 radical (unpaired) electrons. The first-order valence-corrected chi connectivity index (χ1v) is 6.34. The second-order valence-electron chi connectivity index (χ2n) is 4.31. The number of nitrogens with zero attached hydrogens (tertiary/aromatic N) is 3. The fourth-order valence-corrected chi connectivity index (χ4v) is 1.79. The van der Waals surface area contributed by atoms with Crippen LogP contribution in [0.2, 0.25) is 0 Å². The summed E-state index contributed by atoms with van der Waals surface area (Å²) in [6.07, 6.45) is 6.39. The number of amides is 1. The van der Waals surface area contributed by atoms with E-state index in [1.54, 1.807) is 10.9 Å². The molecule has 0 aliphatic heterocycles. The third kappa shape index (κ3) is 4.33. The molecule has 2 aromatic rings. The number of carbonyl (C=O) groups excluding carboxylic acids is 1. The topological polar surface area (TPSA) is 80.0 Å². The second kappa shape index (κ2) is 7.20. The Labute approximate surface area is 116 Å². The molecule has 1 aromatic heterocycles. The van der Waals surface area contributed by atoms with Gasteiger partial charge in [0, 0.05) is 12.6 Å². The van der Waals surface area contributed by atoms with E-state index >= 15 is 0 Å². The maximum absolute atomic E-state index is 10.8. The highest BCUT2D eigenvalue weighted by molar-refractivity contribution is 5.90. The molecule has 0 saturated heterocycles. The maximum Gasteiger partial charge on any atom is 0.267 e. The molecule has 0 saturated carbocycles. The summed E-state index contributed by atoms with van der Waals surface area (Å²) < 4.78 is 1.74. The predicted octanol–water partition coefficient (Wildman–Crippen LogP) is 1.43. The number of hydroxylamine groups is 1. The van der Waals surface area contributed by atoms with Gasteiger partial charge in [-0.2, -0.15) is 0 Å². The number of nitrogens with one attached hydrogen (secondary N) is 1. The summed E-state index contributed by atoms with van der Waals surface area (Å²) in [6.45, 7) is 0.766. The monoisotopic (exact) mass is 272 g/mol. The van der Waals surface area contributed by atoms with Crippen molar-refractivity contribution in [2.24, 2.45) is 0 Å². The summed E-state index contributed by atoms with van der Waals surface area (Å²) in [5.74, 6) is -0.594. The Morgan fingerprint density at radius 3 is 2.90 bits per heavy atom. The van der Waals surface area contributed by atoms with E-state index in [4.69, 9.17) is 5.21 Å². The van der Waals surface area contributed by atoms with Crippen LogP contribution in [0, 0.1) is 0 Å². The maximum atomic E-state index is 10.8. The van der Waals surface area contributed by atoms with Gasteiger partial charge in [-0.05, 0) is 24.5 Å². The van der Waals surface area contributed by atoms with Gasteiger partial charge >= 0.3 is 0 Å². The number of aryl methyl sites for hydroxylation is 2. The lowest BCUT2D eigenvalue weighted by Crippen LogP contribution is -2.14. The van der Waals surface area contributed by atoms with Gasteiger partial charge in [0.1, 0.15) is 5.69 Å². The Bertz CT molecular complexity index is 578. The van der Waals surface area contributed by atoms with Gasteiger partial charge in [0.05, 0.1) is 6.20 Å². The Morgan fingerprint density at radius 2 is 2.15 bits per heavy atom. The summed E-state index contributed by atoms with van der Waals surface area (Å²) >= 11 is 0. The molecule has 0 fully saturated rings. The molecule has 0 unspecified atom stereocenters. The van der Waals surface area contributed by atoms with Crippen LogP contribution in [-0.2, 0) is 17.8 Å². The minimum absolute atomic E-state index is 0.577. The molecule has 2 rings (SSSR count). The van der Waals surface area contributed by atoms with Crippen molar-refractivity contribution >= 4 is 12.0 Å². The Hall–Kier alpha value is -2.47. The molecular formula is C14H16N4O2. The van der Waals surface area contributed by atoms with E-state index in [1.165, 1.54) is 23.2 Å². The van der Waals surface area contributed by atoms with E-state index in [0.29, 0.717) is 5.69 Å². The van der Waals surface area contributed by atoms with Crippen LogP contribution >= 0.6 is 0 Å². The lowest BCUT2D eigenvalue weighted by Gasteiger charge is -2.00. The summed E-state index contributed by atoms with van der Waals surface area (Å²) in [6, 6.07) is 10.3. The van der Waals surface area contributed by atoms with Gasteiger partial charge in [-0.15, -0.1) is 5.10 Å². The average molecular weight is 272 g/mol. The molecule has 6 heteroatoms. The van der Waals surface area contributed by atoms with Crippen LogP contribution in [0.4, 0.5) is 0 Å². The first-order valence-electron chi connectivity index (χ1n) is 6.34. The van der Waals surface area contributed by atoms with Crippen molar-refractivity contribution in [3.05, 3.63) is 53.9 Å². The van der Waals surface area contributed by atoms with Crippen LogP contribution in [-0.4, -0.2) is 26.1 Å². The van der Waals surface area contributed by atoms with E-state index in [1.807, 2.05) is 18.2 Å². The molecule has 104 valence electrons. The van der Waals surface area contributed by atoms with Crippen molar-refractivity contribution < 1.29 is 10.0 Å². The molecule has 0 aliphatic rings. The number of aromatic nitrogens is 3. The molecule has 6 nitrogen and oxygen atoms in total. The molecule has 0 aliphatic carbocycles. The number of hydrogen-bond donors (Lipinski definition) is 2. The molecule has 1 amide bonds. The van der Waals surface area contributed by atoms with Crippen molar-refractivity contribution in [1.29, 1.82) is 0 Å². The zero-order valence-corrected chi connectivity index (χ0v) is 10.9. The molecule has 2 N–H and O–H groups in total. The van der Waals surface area contributed by atoms with Gasteiger partial charge < -0.3 is 0 Å². The van der Waals surface area contributed by atoms with Gasteiger partial charge in [-0.25, -0.2) is 5.48 Å². The SMILES string of the molecule is O=C(/C=C/c1cn(CCCc2ccccc2)nn1)NO. The minimum atomic E-state index is -0.594. The van der Waals surface area contributed by atoms with E-state index in [-0.39, 0.29) is 0 Å². The molecule has 1 heterocycles. The number of carbonyl (C=O) groups is 1. The van der Waals surface area contributed by atoms with Gasteiger partial charge in [0.15, 0.2) is 0 Å². The van der Waals surface area contributed by atoms with Gasteiger partial charge in [0.25, 0.3) is 5.91 Å². The van der Waals surface area contributed by atoms with Crippen LogP contribution < -0.4 is 5.48 Å². The highest BCUT2D eigenvalue weighted by atomic mass is 16.5. The first kappa shape index (κ1) is 14.0. The summed E-state index contributed by atoms with van der Waals surface area (Å²) in [7, 11) is 0. The Morgan fingerprint density at radius 1 is 1.35 bits per heavy atom. The lowest BCUT2D eigenvalue weighted by molar-refractivity contribution is -0.124. The van der Waals surface area contributed by atoms with Crippen molar-refractivity contribution in [1.82, 2.24) is 20.5 Å². The Balaban J connectivity index is 1.81. The number of benzene rings is 1. The van der Waals surface area contributed by atoms with Gasteiger partial charge in [-0.1, -0.05) is 35.5 Å². The van der Waals surface area contributed by atoms with Crippen molar-refractivity contribution in [3.8, 4) is 0 Å². The normalized spacial score (nSPS) is 10.8. The van der Waals surface area contributed by atoms with Crippen LogP contribution in [0.3, 0.4) is 0 Å². The molecular weight excluding hydrogens is 256 g/mol. The number of hydrogen-bond acceptors (Lipinski definition) is 4. The van der Waals surface area contributed by atoms with Crippen LogP contribution in [0.25, 0.3) is 6.08 Å². The third-order valence-corrected chi connectivity index (χ3v) is 2.77. The van der Waals surface area contributed by atoms with E-state index in [2.05, 4.69) is 22.4 Å². The van der Waals surface area contributed by atoms with Crippen LogP contribution in [0.1, 0.15) is 17.7 Å². The molecule has 0 bridgehead atoms. The minimum Gasteiger partial charge on any atom is -0.288 e. The summed E-state index contributed by atoms with van der Waals surface area (Å²) in [5.41, 5.74) is 3.39. The zero-order valence-electron chi connectivity index (χ0n) is 10.9. The summed E-state index contributed by atoms with van der Waals surface area (Å²) in [4.78, 5) is 10.8. The van der Waals surface area contributed by atoms with Crippen molar-refractivity contribution in [2.75, 3.05) is 0 Å². The van der Waals surface area contributed by atoms with E-state index in [0.717, 1.165) is 19.4 Å². The number of rotatable bonds is 6. The van der Waals surface area contributed by atoms with Crippen LogP contribution in [0.15, 0.2) is 42.6 Å². The first-order chi connectivity index (χ1) is 9.78. The summed E-state index contributed by atoms with van der Waals surface area (Å²) in [5, 5.41) is 16.2. The molecule has 0 spiro atoms. The smallest absolute Gasteiger partial charge is 0.267 e. The molecule has 20 heavy (non-hydrogen) atoms. The standard InChI is InChI=1S/C14H16N4O2/c19-14(16-20)9-8-13-11-18(17-15-13)10-4-7-12-5-2-1-3-6-12/h1-3,5-6,8-9,11,20H,4,7,10H2,(H,16,19)/b9-8+. The fourth-order valence-electron chi connectivity index (χ4n) is 1.79. The molecule has 1 aromatic carbocycles. The fraction of sp³-hybridized carbons (Fsp3) is 0.214. The third-order valence-electron chi connectivity index (χ3n) is 2.77. The quantitative estimate of drug-likeness (QED) is 0.473. The largest absolute Gasteiger partial charge is 0.288 e. The highest BCUT2D eigenvalue weighted by Crippen LogP contribution is 2.04. The molecule has 0 atom stereocenters. The van der Waals surface area contributed by atoms with Crippen molar-refractivity contribution in [2.45, 2.75) is 19.4 Å². The Kier molecular flexibility index (Phi) is 5.02. The van der Waals surface area contributed by atoms with E-state index < -0.39 is 5.91 Å². The van der Waals surface area contributed by atoms with Gasteiger partial charge in [-0.3, -0.25) is 14.7 Å². The zero-order chi connectivity index (χ0) is 14.2. The predicted molar refractivity (Wildman–Crippen MR) is 73.7 cm³/mol. The van der Waals surface area contributed by atoms with E-state index in [9.17, 15) is 4.79 Å². The lowest BCUT2D eigenvalue weighted by atomic mass is 10.1. The second-order valence-corrected chi connectivity index (χ2v) is 4.31. The van der Waals surface area contributed by atoms with Crippen molar-refractivity contribution in [3.63, 3.8) is 0 Å². The highest BCUT2D eigenvalue weighted by Gasteiger charge is 1.99. The average Bonchev–Trinajstić information content (AvgIpc) is 2.94. The van der Waals surface area contributed by atoms with Crippen LogP contribution in [0.5, 0.6) is 0 Å².